The summed E-state index contributed by atoms with van der Waals surface area (Å²) >= 11 is 0. The Morgan fingerprint density at radius 1 is 0.600 bits per heavy atom. The maximum Gasteiger partial charge on any atom is 0.126 e. The summed E-state index contributed by atoms with van der Waals surface area (Å²) in [4.78, 5) is 0. The lowest BCUT2D eigenvalue weighted by Crippen LogP contribution is -2.12. The number of methoxy groups -OCH3 is 2. The van der Waals surface area contributed by atoms with Crippen LogP contribution in [0.25, 0.3) is 0 Å². The average molecular weight is 350 g/mol. The Balaban J connectivity index is 1.65. The Kier molecular flexibility index (Phi) is 7.03. The third kappa shape index (κ3) is 6.31. The molecule has 2 N–H and O–H groups in total. The first kappa shape index (κ1) is 18.5. The van der Waals surface area contributed by atoms with Crippen molar-refractivity contribution in [2.24, 2.45) is 0 Å². The molecule has 0 amide bonds. The molecule has 0 heterocycles. The minimum atomic E-state index is -0.0574. The number of hydrogen-bond acceptors (Lipinski definition) is 7. The molecule has 7 heteroatoms. The summed E-state index contributed by atoms with van der Waals surface area (Å²) < 4.78 is 26.7. The zero-order chi connectivity index (χ0) is 18.1. The number of phenolic OH excluding ortho intramolecular Hbond substituents is 2. The fourth-order valence-electron chi connectivity index (χ4n) is 2.05. The molecule has 7 nitrogen and oxygen atoms in total. The van der Waals surface area contributed by atoms with E-state index in [1.807, 2.05) is 0 Å². The maximum absolute atomic E-state index is 9.34. The van der Waals surface area contributed by atoms with E-state index in [0.717, 1.165) is 0 Å². The number of phenols is 2. The van der Waals surface area contributed by atoms with Gasteiger partial charge in [0.05, 0.1) is 27.4 Å². The van der Waals surface area contributed by atoms with Crippen LogP contribution in [0.5, 0.6) is 34.5 Å². The maximum atomic E-state index is 9.34. The molecule has 0 atom stereocenters. The van der Waals surface area contributed by atoms with Gasteiger partial charge in [-0.25, -0.2) is 0 Å². The highest BCUT2D eigenvalue weighted by Gasteiger charge is 2.03. The first-order valence-electron chi connectivity index (χ1n) is 7.70. The molecule has 0 fully saturated rings. The largest absolute Gasteiger partial charge is 0.508 e. The molecule has 136 valence electrons. The normalized spacial score (nSPS) is 10.3. The van der Waals surface area contributed by atoms with Gasteiger partial charge in [-0.2, -0.15) is 0 Å². The summed E-state index contributed by atoms with van der Waals surface area (Å²) in [7, 11) is 3.15. The highest BCUT2D eigenvalue weighted by Crippen LogP contribution is 2.27. The van der Waals surface area contributed by atoms with Crippen LogP contribution in [0.2, 0.25) is 0 Å². The van der Waals surface area contributed by atoms with E-state index < -0.39 is 0 Å². The SMILES string of the molecule is COc1cc(OC)cc(OCCOCCOc2cc(O)cc(O)c2)c1. The Morgan fingerprint density at radius 3 is 1.52 bits per heavy atom. The van der Waals surface area contributed by atoms with E-state index in [-0.39, 0.29) is 18.1 Å². The minimum Gasteiger partial charge on any atom is -0.508 e. The number of aromatic hydroxyl groups is 2. The third-order valence-corrected chi connectivity index (χ3v) is 3.19. The fraction of sp³-hybridized carbons (Fsp3) is 0.333. The molecule has 0 aromatic heterocycles. The highest BCUT2D eigenvalue weighted by molar-refractivity contribution is 5.42. The summed E-state index contributed by atoms with van der Waals surface area (Å²) in [5.74, 6) is 2.19. The summed E-state index contributed by atoms with van der Waals surface area (Å²) in [6.07, 6.45) is 0. The van der Waals surface area contributed by atoms with E-state index in [0.29, 0.717) is 42.8 Å². The van der Waals surface area contributed by atoms with Crippen molar-refractivity contribution in [3.63, 3.8) is 0 Å². The van der Waals surface area contributed by atoms with E-state index in [2.05, 4.69) is 0 Å². The minimum absolute atomic E-state index is 0.0574. The lowest BCUT2D eigenvalue weighted by atomic mass is 10.3. The number of benzene rings is 2. The topological polar surface area (TPSA) is 86.6 Å². The highest BCUT2D eigenvalue weighted by atomic mass is 16.5. The summed E-state index contributed by atoms with van der Waals surface area (Å²) in [5.41, 5.74) is 0. The molecule has 0 aliphatic carbocycles. The monoisotopic (exact) mass is 350 g/mol. The Bertz CT molecular complexity index is 630. The van der Waals surface area contributed by atoms with Crippen molar-refractivity contribution < 1.29 is 33.9 Å². The Morgan fingerprint density at radius 2 is 1.04 bits per heavy atom. The van der Waals surface area contributed by atoms with Crippen molar-refractivity contribution in [3.8, 4) is 34.5 Å². The van der Waals surface area contributed by atoms with Gasteiger partial charge in [0.15, 0.2) is 0 Å². The van der Waals surface area contributed by atoms with Crippen LogP contribution in [0.3, 0.4) is 0 Å². The lowest BCUT2D eigenvalue weighted by Gasteiger charge is -2.11. The smallest absolute Gasteiger partial charge is 0.126 e. The molecular formula is C18H22O7. The average Bonchev–Trinajstić information content (AvgIpc) is 2.59. The molecule has 0 saturated heterocycles. The number of hydrogen-bond donors (Lipinski definition) is 2. The second-order valence-corrected chi connectivity index (χ2v) is 5.04. The van der Waals surface area contributed by atoms with Crippen LogP contribution in [-0.4, -0.2) is 50.9 Å². The molecule has 0 aliphatic heterocycles. The molecule has 2 aromatic rings. The van der Waals surface area contributed by atoms with Gasteiger partial charge in [-0.15, -0.1) is 0 Å². The molecule has 0 radical (unpaired) electrons. The fourth-order valence-corrected chi connectivity index (χ4v) is 2.05. The standard InChI is InChI=1S/C18H22O7/c1-21-15-10-16(22-2)12-18(11-15)25-6-4-23-3-5-24-17-8-13(19)7-14(20)9-17/h7-12,19-20H,3-6H2,1-2H3. The van der Waals surface area contributed by atoms with Gasteiger partial charge >= 0.3 is 0 Å². The molecule has 0 spiro atoms. The van der Waals surface area contributed by atoms with Crippen molar-refractivity contribution in [2.75, 3.05) is 40.6 Å². The van der Waals surface area contributed by atoms with Gasteiger partial charge in [0.25, 0.3) is 0 Å². The van der Waals surface area contributed by atoms with Crippen LogP contribution in [0.4, 0.5) is 0 Å². The van der Waals surface area contributed by atoms with Crippen molar-refractivity contribution in [2.45, 2.75) is 0 Å². The van der Waals surface area contributed by atoms with Gasteiger partial charge < -0.3 is 33.9 Å². The van der Waals surface area contributed by atoms with Crippen molar-refractivity contribution >= 4 is 0 Å². The Hall–Kier alpha value is -2.80. The van der Waals surface area contributed by atoms with Crippen LogP contribution < -0.4 is 18.9 Å². The molecule has 25 heavy (non-hydrogen) atoms. The van der Waals surface area contributed by atoms with Gasteiger partial charge in [0.1, 0.15) is 47.7 Å². The molecular weight excluding hydrogens is 328 g/mol. The molecule has 0 aliphatic rings. The molecule has 2 rings (SSSR count). The van der Waals surface area contributed by atoms with Gasteiger partial charge in [-0.1, -0.05) is 0 Å². The van der Waals surface area contributed by atoms with E-state index in [1.165, 1.54) is 18.2 Å². The lowest BCUT2D eigenvalue weighted by molar-refractivity contribution is 0.0762. The van der Waals surface area contributed by atoms with Crippen molar-refractivity contribution in [3.05, 3.63) is 36.4 Å². The molecule has 0 bridgehead atoms. The van der Waals surface area contributed by atoms with Crippen LogP contribution in [-0.2, 0) is 4.74 Å². The van der Waals surface area contributed by atoms with E-state index >= 15 is 0 Å². The summed E-state index contributed by atoms with van der Waals surface area (Å²) in [6, 6.07) is 9.35. The quantitative estimate of drug-likeness (QED) is 0.637. The first-order valence-corrected chi connectivity index (χ1v) is 7.70. The van der Waals surface area contributed by atoms with Gasteiger partial charge in [-0.05, 0) is 0 Å². The van der Waals surface area contributed by atoms with Crippen LogP contribution in [0.15, 0.2) is 36.4 Å². The molecule has 2 aromatic carbocycles. The first-order chi connectivity index (χ1) is 12.1. The van der Waals surface area contributed by atoms with Gasteiger partial charge in [0, 0.05) is 36.4 Å². The van der Waals surface area contributed by atoms with Gasteiger partial charge in [0.2, 0.25) is 0 Å². The zero-order valence-electron chi connectivity index (χ0n) is 14.2. The van der Waals surface area contributed by atoms with Crippen LogP contribution in [0, 0.1) is 0 Å². The van der Waals surface area contributed by atoms with Crippen molar-refractivity contribution in [1.82, 2.24) is 0 Å². The van der Waals surface area contributed by atoms with E-state index in [9.17, 15) is 10.2 Å². The van der Waals surface area contributed by atoms with Crippen LogP contribution >= 0.6 is 0 Å². The summed E-state index contributed by atoms with van der Waals surface area (Å²) in [6.45, 7) is 1.38. The van der Waals surface area contributed by atoms with E-state index in [4.69, 9.17) is 23.7 Å². The van der Waals surface area contributed by atoms with Crippen LogP contribution in [0.1, 0.15) is 0 Å². The molecule has 0 unspecified atom stereocenters. The predicted molar refractivity (Wildman–Crippen MR) is 91.1 cm³/mol. The molecule has 0 saturated carbocycles. The summed E-state index contributed by atoms with van der Waals surface area (Å²) in [5, 5.41) is 18.7. The number of rotatable bonds is 10. The predicted octanol–water partition coefficient (Wildman–Crippen LogP) is 2.59. The Labute approximate surface area is 146 Å². The third-order valence-electron chi connectivity index (χ3n) is 3.19. The van der Waals surface area contributed by atoms with Crippen molar-refractivity contribution in [1.29, 1.82) is 0 Å². The van der Waals surface area contributed by atoms with E-state index in [1.54, 1.807) is 32.4 Å². The zero-order valence-corrected chi connectivity index (χ0v) is 14.2. The second-order valence-electron chi connectivity index (χ2n) is 5.04. The number of ether oxygens (including phenoxy) is 5. The second kappa shape index (κ2) is 9.48. The van der Waals surface area contributed by atoms with Gasteiger partial charge in [-0.3, -0.25) is 0 Å².